The molecular formula is C11H16FNO2. The van der Waals surface area contributed by atoms with Gasteiger partial charge in [-0.15, -0.1) is 0 Å². The van der Waals surface area contributed by atoms with E-state index < -0.39 is 6.10 Å². The number of methoxy groups -OCH3 is 1. The van der Waals surface area contributed by atoms with Crippen LogP contribution in [0.25, 0.3) is 0 Å². The van der Waals surface area contributed by atoms with Gasteiger partial charge >= 0.3 is 0 Å². The largest absolute Gasteiger partial charge is 0.496 e. The van der Waals surface area contributed by atoms with E-state index in [-0.39, 0.29) is 5.82 Å². The molecule has 0 bridgehead atoms. The van der Waals surface area contributed by atoms with E-state index in [4.69, 9.17) is 10.5 Å². The molecule has 1 unspecified atom stereocenters. The second-order valence-electron chi connectivity index (χ2n) is 3.44. The molecule has 0 aliphatic rings. The van der Waals surface area contributed by atoms with Crippen LogP contribution in [-0.4, -0.2) is 18.8 Å². The Bertz CT molecular complexity index is 342. The van der Waals surface area contributed by atoms with Gasteiger partial charge in [0.05, 0.1) is 13.2 Å². The Morgan fingerprint density at radius 1 is 1.53 bits per heavy atom. The first-order chi connectivity index (χ1) is 7.10. The monoisotopic (exact) mass is 213 g/mol. The number of hydrogen-bond acceptors (Lipinski definition) is 3. The van der Waals surface area contributed by atoms with Crippen molar-refractivity contribution in [2.75, 3.05) is 13.7 Å². The van der Waals surface area contributed by atoms with Gasteiger partial charge in [-0.2, -0.15) is 0 Å². The summed E-state index contributed by atoms with van der Waals surface area (Å²) in [5, 5.41) is 9.72. The van der Waals surface area contributed by atoms with E-state index in [0.717, 1.165) is 0 Å². The van der Waals surface area contributed by atoms with Crippen LogP contribution in [0.1, 0.15) is 23.7 Å². The number of halogens is 1. The summed E-state index contributed by atoms with van der Waals surface area (Å²) in [5.74, 6) is 0.150. The molecule has 1 aromatic rings. The van der Waals surface area contributed by atoms with Crippen molar-refractivity contribution in [1.82, 2.24) is 0 Å². The predicted molar refractivity (Wildman–Crippen MR) is 56.3 cm³/mol. The fourth-order valence-electron chi connectivity index (χ4n) is 1.42. The Labute approximate surface area is 88.7 Å². The molecule has 0 amide bonds. The number of ether oxygens (including phenoxy) is 1. The minimum absolute atomic E-state index is 0.345. The lowest BCUT2D eigenvalue weighted by Gasteiger charge is -2.15. The molecule has 1 atom stereocenters. The molecule has 1 aromatic carbocycles. The van der Waals surface area contributed by atoms with Gasteiger partial charge in [0.25, 0.3) is 0 Å². The Morgan fingerprint density at radius 2 is 2.20 bits per heavy atom. The molecule has 0 saturated heterocycles. The summed E-state index contributed by atoms with van der Waals surface area (Å²) in [7, 11) is 1.49. The number of aliphatic hydroxyl groups excluding tert-OH is 1. The number of benzene rings is 1. The molecule has 0 spiro atoms. The van der Waals surface area contributed by atoms with Crippen molar-refractivity contribution >= 4 is 0 Å². The second kappa shape index (κ2) is 5.09. The molecule has 1 rings (SSSR count). The Balaban J connectivity index is 3.09. The van der Waals surface area contributed by atoms with Crippen molar-refractivity contribution in [1.29, 1.82) is 0 Å². The molecule has 3 N–H and O–H groups in total. The van der Waals surface area contributed by atoms with Crippen LogP contribution >= 0.6 is 0 Å². The minimum Gasteiger partial charge on any atom is -0.496 e. The molecule has 0 saturated carbocycles. The number of hydrogen-bond donors (Lipinski definition) is 2. The Hall–Kier alpha value is -1.13. The van der Waals surface area contributed by atoms with Crippen molar-refractivity contribution in [3.63, 3.8) is 0 Å². The first-order valence-corrected chi connectivity index (χ1v) is 4.82. The summed E-state index contributed by atoms with van der Waals surface area (Å²) >= 11 is 0. The average Bonchev–Trinajstić information content (AvgIpc) is 2.21. The Morgan fingerprint density at radius 3 is 2.73 bits per heavy atom. The van der Waals surface area contributed by atoms with Gasteiger partial charge in [-0.1, -0.05) is 0 Å². The van der Waals surface area contributed by atoms with Crippen molar-refractivity contribution in [2.45, 2.75) is 19.4 Å². The van der Waals surface area contributed by atoms with Crippen LogP contribution in [0.2, 0.25) is 0 Å². The number of aryl methyl sites for hydroxylation is 1. The summed E-state index contributed by atoms with van der Waals surface area (Å²) in [4.78, 5) is 0. The van der Waals surface area contributed by atoms with Crippen LogP contribution < -0.4 is 10.5 Å². The number of rotatable bonds is 4. The molecule has 84 valence electrons. The maximum atomic E-state index is 13.3. The van der Waals surface area contributed by atoms with Crippen molar-refractivity contribution in [3.05, 3.63) is 29.1 Å². The maximum Gasteiger partial charge on any atom is 0.126 e. The maximum absolute atomic E-state index is 13.3. The van der Waals surface area contributed by atoms with Crippen LogP contribution in [0.4, 0.5) is 4.39 Å². The Kier molecular flexibility index (Phi) is 4.05. The van der Waals surface area contributed by atoms with Crippen LogP contribution in [0, 0.1) is 12.7 Å². The smallest absolute Gasteiger partial charge is 0.126 e. The van der Waals surface area contributed by atoms with Gasteiger partial charge in [0.15, 0.2) is 0 Å². The summed E-state index contributed by atoms with van der Waals surface area (Å²) in [6.07, 6.45) is -0.390. The minimum atomic E-state index is -0.778. The highest BCUT2D eigenvalue weighted by Crippen LogP contribution is 2.29. The number of nitrogens with two attached hydrogens (primary N) is 1. The second-order valence-corrected chi connectivity index (χ2v) is 3.44. The molecular weight excluding hydrogens is 197 g/mol. The van der Waals surface area contributed by atoms with Crippen molar-refractivity contribution in [2.24, 2.45) is 5.73 Å². The summed E-state index contributed by atoms with van der Waals surface area (Å²) < 4.78 is 18.4. The van der Waals surface area contributed by atoms with Crippen molar-refractivity contribution in [3.8, 4) is 5.75 Å². The molecule has 0 fully saturated rings. The topological polar surface area (TPSA) is 55.5 Å². The van der Waals surface area contributed by atoms with Gasteiger partial charge in [-0.05, 0) is 37.6 Å². The summed E-state index contributed by atoms with van der Waals surface area (Å²) in [5.41, 5.74) is 6.28. The molecule has 0 radical (unpaired) electrons. The van der Waals surface area contributed by atoms with Gasteiger partial charge in [-0.3, -0.25) is 0 Å². The fraction of sp³-hybridized carbons (Fsp3) is 0.455. The third-order valence-corrected chi connectivity index (χ3v) is 2.31. The SMILES string of the molecule is COc1cc(C)c(F)cc1C(O)CCN. The fourth-order valence-corrected chi connectivity index (χ4v) is 1.42. The van der Waals surface area contributed by atoms with E-state index >= 15 is 0 Å². The van der Waals surface area contributed by atoms with Gasteiger partial charge < -0.3 is 15.6 Å². The van der Waals surface area contributed by atoms with Gasteiger partial charge in [0, 0.05) is 5.56 Å². The van der Waals surface area contributed by atoms with E-state index in [1.807, 2.05) is 0 Å². The molecule has 0 heterocycles. The van der Waals surface area contributed by atoms with Gasteiger partial charge in [0.1, 0.15) is 11.6 Å². The summed E-state index contributed by atoms with van der Waals surface area (Å²) in [6, 6.07) is 2.87. The zero-order valence-electron chi connectivity index (χ0n) is 8.96. The predicted octanol–water partition coefficient (Wildman–Crippen LogP) is 1.52. The van der Waals surface area contributed by atoms with E-state index in [0.29, 0.717) is 29.8 Å². The van der Waals surface area contributed by atoms with Gasteiger partial charge in [0.2, 0.25) is 0 Å². The lowest BCUT2D eigenvalue weighted by atomic mass is 10.0. The molecule has 0 aromatic heterocycles. The van der Waals surface area contributed by atoms with Crippen LogP contribution in [0.5, 0.6) is 5.75 Å². The normalized spacial score (nSPS) is 12.6. The lowest BCUT2D eigenvalue weighted by molar-refractivity contribution is 0.165. The molecule has 0 aliphatic heterocycles. The highest BCUT2D eigenvalue weighted by atomic mass is 19.1. The third kappa shape index (κ3) is 2.67. The highest BCUT2D eigenvalue weighted by molar-refractivity contribution is 5.39. The van der Waals surface area contributed by atoms with E-state index in [1.165, 1.54) is 13.2 Å². The van der Waals surface area contributed by atoms with E-state index in [9.17, 15) is 9.50 Å². The van der Waals surface area contributed by atoms with Crippen LogP contribution in [-0.2, 0) is 0 Å². The van der Waals surface area contributed by atoms with Crippen LogP contribution in [0.3, 0.4) is 0 Å². The lowest BCUT2D eigenvalue weighted by Crippen LogP contribution is -2.08. The van der Waals surface area contributed by atoms with Crippen LogP contribution in [0.15, 0.2) is 12.1 Å². The van der Waals surface area contributed by atoms with E-state index in [1.54, 1.807) is 13.0 Å². The molecule has 15 heavy (non-hydrogen) atoms. The third-order valence-electron chi connectivity index (χ3n) is 2.31. The molecule has 0 aliphatic carbocycles. The van der Waals surface area contributed by atoms with E-state index in [2.05, 4.69) is 0 Å². The van der Waals surface area contributed by atoms with Crippen molar-refractivity contribution < 1.29 is 14.2 Å². The molecule has 4 heteroatoms. The summed E-state index contributed by atoms with van der Waals surface area (Å²) in [6.45, 7) is 2.00. The first kappa shape index (κ1) is 11.9. The quantitative estimate of drug-likeness (QED) is 0.797. The zero-order valence-corrected chi connectivity index (χ0v) is 8.96. The first-order valence-electron chi connectivity index (χ1n) is 4.82. The zero-order chi connectivity index (χ0) is 11.4. The average molecular weight is 213 g/mol. The highest BCUT2D eigenvalue weighted by Gasteiger charge is 2.15. The van der Waals surface area contributed by atoms with Gasteiger partial charge in [-0.25, -0.2) is 4.39 Å². The number of aliphatic hydroxyl groups is 1. The molecule has 3 nitrogen and oxygen atoms in total. The standard InChI is InChI=1S/C11H16FNO2/c1-7-5-11(15-2)8(6-9(7)12)10(14)3-4-13/h5-6,10,14H,3-4,13H2,1-2H3.